The molecule has 32 heavy (non-hydrogen) atoms. The first-order valence-electron chi connectivity index (χ1n) is 10.3. The van der Waals surface area contributed by atoms with E-state index in [1.807, 2.05) is 67.6 Å². The van der Waals surface area contributed by atoms with Crippen molar-refractivity contribution in [1.29, 1.82) is 0 Å². The number of benzene rings is 3. The van der Waals surface area contributed by atoms with E-state index in [1.54, 1.807) is 17.4 Å². The molecule has 2 heterocycles. The molecule has 6 nitrogen and oxygen atoms in total. The maximum Gasteiger partial charge on any atom is 0.261 e. The number of carbonyl (C=O) groups excluding carboxylic acids is 1. The van der Waals surface area contributed by atoms with Crippen LogP contribution in [0.1, 0.15) is 12.0 Å². The smallest absolute Gasteiger partial charge is 0.261 e. The Labute approximate surface area is 188 Å². The van der Waals surface area contributed by atoms with E-state index >= 15 is 0 Å². The molecule has 1 amide bonds. The highest BCUT2D eigenvalue weighted by Gasteiger charge is 2.10. The summed E-state index contributed by atoms with van der Waals surface area (Å²) in [6.45, 7) is 2.19. The number of anilines is 1. The Morgan fingerprint density at radius 2 is 1.91 bits per heavy atom. The van der Waals surface area contributed by atoms with Gasteiger partial charge in [-0.1, -0.05) is 36.4 Å². The number of thiazole rings is 1. The van der Waals surface area contributed by atoms with E-state index in [2.05, 4.69) is 15.3 Å². The number of carbonyl (C=O) groups is 1. The minimum Gasteiger partial charge on any atom is -0.326 e. The molecule has 0 aliphatic rings. The summed E-state index contributed by atoms with van der Waals surface area (Å²) >= 11 is 1.62. The third kappa shape index (κ3) is 3.90. The lowest BCUT2D eigenvalue weighted by atomic mass is 10.1. The van der Waals surface area contributed by atoms with Crippen molar-refractivity contribution in [1.82, 2.24) is 14.5 Å². The first kappa shape index (κ1) is 20.1. The zero-order valence-corrected chi connectivity index (χ0v) is 18.2. The molecule has 0 saturated heterocycles. The van der Waals surface area contributed by atoms with Crippen LogP contribution in [-0.4, -0.2) is 20.4 Å². The number of nitrogens with zero attached hydrogens (tertiary/aromatic N) is 3. The van der Waals surface area contributed by atoms with Crippen LogP contribution in [0.5, 0.6) is 0 Å². The number of hydrogen-bond acceptors (Lipinski definition) is 5. The summed E-state index contributed by atoms with van der Waals surface area (Å²) in [7, 11) is 0. The number of para-hydroxylation sites is 2. The average Bonchev–Trinajstić information content (AvgIpc) is 3.24. The van der Waals surface area contributed by atoms with E-state index in [-0.39, 0.29) is 24.4 Å². The van der Waals surface area contributed by atoms with Gasteiger partial charge in [0.05, 0.1) is 27.4 Å². The van der Waals surface area contributed by atoms with Gasteiger partial charge in [-0.15, -0.1) is 11.3 Å². The number of aryl methyl sites for hydroxylation is 2. The largest absolute Gasteiger partial charge is 0.326 e. The van der Waals surface area contributed by atoms with E-state index in [0.717, 1.165) is 26.4 Å². The van der Waals surface area contributed by atoms with Gasteiger partial charge in [-0.3, -0.25) is 14.2 Å². The lowest BCUT2D eigenvalue weighted by Gasteiger charge is -2.09. The van der Waals surface area contributed by atoms with Crippen LogP contribution < -0.4 is 10.9 Å². The van der Waals surface area contributed by atoms with Gasteiger partial charge < -0.3 is 5.32 Å². The fraction of sp³-hybridized carbons (Fsp3) is 0.120. The summed E-state index contributed by atoms with van der Waals surface area (Å²) in [5.41, 5.74) is 4.14. The molecule has 0 unspecified atom stereocenters. The molecule has 0 atom stereocenters. The molecule has 0 aliphatic heterocycles. The molecule has 0 bridgehead atoms. The number of aromatic nitrogens is 3. The second-order valence-corrected chi connectivity index (χ2v) is 8.61. The topological polar surface area (TPSA) is 76.9 Å². The fourth-order valence-corrected chi connectivity index (χ4v) is 4.63. The summed E-state index contributed by atoms with van der Waals surface area (Å²) in [6.07, 6.45) is 1.68. The molecule has 0 spiro atoms. The second kappa shape index (κ2) is 8.36. The van der Waals surface area contributed by atoms with Crippen molar-refractivity contribution >= 4 is 44.1 Å². The van der Waals surface area contributed by atoms with Gasteiger partial charge in [0.2, 0.25) is 5.91 Å². The first-order chi connectivity index (χ1) is 15.6. The van der Waals surface area contributed by atoms with E-state index in [9.17, 15) is 9.59 Å². The zero-order valence-electron chi connectivity index (χ0n) is 17.4. The lowest BCUT2D eigenvalue weighted by molar-refractivity contribution is -0.116. The van der Waals surface area contributed by atoms with Crippen molar-refractivity contribution in [3.05, 3.63) is 89.0 Å². The highest BCUT2D eigenvalue weighted by molar-refractivity contribution is 7.21. The monoisotopic (exact) mass is 440 g/mol. The highest BCUT2D eigenvalue weighted by atomic mass is 32.1. The molecule has 158 valence electrons. The van der Waals surface area contributed by atoms with Crippen LogP contribution in [0.4, 0.5) is 5.69 Å². The van der Waals surface area contributed by atoms with Crippen LogP contribution in [-0.2, 0) is 11.3 Å². The molecular formula is C25H20N4O2S. The maximum atomic E-state index is 12.7. The van der Waals surface area contributed by atoms with Crippen LogP contribution in [0.3, 0.4) is 0 Å². The number of fused-ring (bicyclic) bond motifs is 2. The first-order valence-corrected chi connectivity index (χ1v) is 11.1. The van der Waals surface area contributed by atoms with Crippen molar-refractivity contribution in [2.75, 3.05) is 5.32 Å². The molecule has 0 aliphatic carbocycles. The zero-order chi connectivity index (χ0) is 22.1. The summed E-state index contributed by atoms with van der Waals surface area (Å²) in [5.74, 6) is -0.164. The van der Waals surface area contributed by atoms with Crippen molar-refractivity contribution < 1.29 is 4.79 Å². The molecule has 5 rings (SSSR count). The summed E-state index contributed by atoms with van der Waals surface area (Å²) in [6, 6.07) is 21.2. The van der Waals surface area contributed by atoms with E-state index in [0.29, 0.717) is 16.6 Å². The van der Waals surface area contributed by atoms with Crippen molar-refractivity contribution in [2.24, 2.45) is 0 Å². The van der Waals surface area contributed by atoms with E-state index in [1.165, 1.54) is 10.9 Å². The van der Waals surface area contributed by atoms with Gasteiger partial charge in [-0.25, -0.2) is 9.97 Å². The summed E-state index contributed by atoms with van der Waals surface area (Å²) in [4.78, 5) is 34.3. The Kier molecular flexibility index (Phi) is 5.25. The normalized spacial score (nSPS) is 11.2. The van der Waals surface area contributed by atoms with Crippen LogP contribution in [0.2, 0.25) is 0 Å². The SMILES string of the molecule is Cc1cccc2c(=O)n(CCC(=O)Nc3cccc(-c4nc5ccccc5s4)c3)cnc12. The van der Waals surface area contributed by atoms with Crippen LogP contribution in [0.25, 0.3) is 31.7 Å². The van der Waals surface area contributed by atoms with Gasteiger partial charge in [-0.2, -0.15) is 0 Å². The molecule has 0 saturated carbocycles. The van der Waals surface area contributed by atoms with Gasteiger partial charge in [0.25, 0.3) is 5.56 Å². The van der Waals surface area contributed by atoms with Gasteiger partial charge in [0, 0.05) is 24.2 Å². The van der Waals surface area contributed by atoms with Crippen molar-refractivity contribution in [3.8, 4) is 10.6 Å². The Hall–Kier alpha value is -3.84. The van der Waals surface area contributed by atoms with Gasteiger partial charge >= 0.3 is 0 Å². The van der Waals surface area contributed by atoms with Gasteiger partial charge in [0.15, 0.2) is 0 Å². The minimum atomic E-state index is -0.164. The maximum absolute atomic E-state index is 12.7. The Morgan fingerprint density at radius 3 is 2.78 bits per heavy atom. The van der Waals surface area contributed by atoms with Crippen molar-refractivity contribution in [2.45, 2.75) is 19.9 Å². The minimum absolute atomic E-state index is 0.135. The fourth-order valence-electron chi connectivity index (χ4n) is 3.67. The molecule has 3 aromatic carbocycles. The van der Waals surface area contributed by atoms with E-state index < -0.39 is 0 Å². The van der Waals surface area contributed by atoms with Crippen molar-refractivity contribution in [3.63, 3.8) is 0 Å². The molecule has 0 fully saturated rings. The number of rotatable bonds is 5. The highest BCUT2D eigenvalue weighted by Crippen LogP contribution is 2.31. The molecule has 2 aromatic heterocycles. The predicted molar refractivity (Wildman–Crippen MR) is 129 cm³/mol. The summed E-state index contributed by atoms with van der Waals surface area (Å²) in [5, 5.41) is 4.40. The van der Waals surface area contributed by atoms with E-state index in [4.69, 9.17) is 0 Å². The third-order valence-corrected chi connectivity index (χ3v) is 6.41. The average molecular weight is 441 g/mol. The quantitative estimate of drug-likeness (QED) is 0.417. The molecular weight excluding hydrogens is 420 g/mol. The Balaban J connectivity index is 1.30. The molecule has 5 aromatic rings. The Morgan fingerprint density at radius 1 is 1.06 bits per heavy atom. The Bertz CT molecular complexity index is 1490. The van der Waals surface area contributed by atoms with Crippen LogP contribution >= 0.6 is 11.3 Å². The number of hydrogen-bond donors (Lipinski definition) is 1. The number of nitrogens with one attached hydrogen (secondary N) is 1. The third-order valence-electron chi connectivity index (χ3n) is 5.32. The lowest BCUT2D eigenvalue weighted by Crippen LogP contribution is -2.23. The van der Waals surface area contributed by atoms with Gasteiger partial charge in [0.1, 0.15) is 5.01 Å². The second-order valence-electron chi connectivity index (χ2n) is 7.58. The van der Waals surface area contributed by atoms with Crippen LogP contribution in [0.15, 0.2) is 77.9 Å². The molecule has 0 radical (unpaired) electrons. The predicted octanol–water partition coefficient (Wildman–Crippen LogP) is 5.01. The van der Waals surface area contributed by atoms with Crippen LogP contribution in [0, 0.1) is 6.92 Å². The summed E-state index contributed by atoms with van der Waals surface area (Å²) < 4.78 is 2.61. The van der Waals surface area contributed by atoms with Gasteiger partial charge in [-0.05, 0) is 42.8 Å². The standard InChI is InChI=1S/C25H20N4O2S/c1-16-6-4-9-19-23(16)26-15-29(25(19)31)13-12-22(30)27-18-8-5-7-17(14-18)24-28-20-10-2-3-11-21(20)32-24/h2-11,14-15H,12-13H2,1H3,(H,27,30). The molecule has 7 heteroatoms. The number of amides is 1. The molecule has 1 N–H and O–H groups in total.